The van der Waals surface area contributed by atoms with E-state index in [1.165, 1.54) is 32.1 Å². The quantitative estimate of drug-likeness (QED) is 0.530. The Morgan fingerprint density at radius 3 is 2.22 bits per heavy atom. The molecule has 0 aromatic heterocycles. The highest BCUT2D eigenvalue weighted by atomic mass is 14.3. The van der Waals surface area contributed by atoms with Gasteiger partial charge in [0.1, 0.15) is 0 Å². The van der Waals surface area contributed by atoms with Gasteiger partial charge in [-0.05, 0) is 37.5 Å². The van der Waals surface area contributed by atoms with Crippen molar-refractivity contribution in [2.75, 3.05) is 0 Å². The molecule has 1 rings (SSSR count). The van der Waals surface area contributed by atoms with Crippen molar-refractivity contribution in [1.29, 1.82) is 0 Å². The summed E-state index contributed by atoms with van der Waals surface area (Å²) in [5.41, 5.74) is 0.528. The molecule has 2 radical (unpaired) electrons. The van der Waals surface area contributed by atoms with Gasteiger partial charge >= 0.3 is 0 Å². The molecule has 52 valence electrons. The van der Waals surface area contributed by atoms with Crippen LogP contribution in [0.1, 0.15) is 46.0 Å². The number of rotatable bonds is 2. The predicted molar refractivity (Wildman–Crippen MR) is 40.1 cm³/mol. The van der Waals surface area contributed by atoms with E-state index >= 15 is 0 Å². The zero-order valence-corrected chi connectivity index (χ0v) is 6.54. The molecule has 0 heterocycles. The molecule has 1 saturated carbocycles. The lowest BCUT2D eigenvalue weighted by molar-refractivity contribution is 0.333. The number of hydrogen-bond acceptors (Lipinski definition) is 0. The van der Waals surface area contributed by atoms with Gasteiger partial charge in [0.2, 0.25) is 0 Å². The SMILES string of the molecule is CCC1(CC)[C]CCC1. The van der Waals surface area contributed by atoms with Crippen molar-refractivity contribution in [3.63, 3.8) is 0 Å². The van der Waals surface area contributed by atoms with Gasteiger partial charge in [-0.3, -0.25) is 0 Å². The summed E-state index contributed by atoms with van der Waals surface area (Å²) >= 11 is 0. The molecule has 0 heteroatoms. The highest BCUT2D eigenvalue weighted by Crippen LogP contribution is 2.42. The van der Waals surface area contributed by atoms with Gasteiger partial charge in [-0.2, -0.15) is 0 Å². The van der Waals surface area contributed by atoms with Gasteiger partial charge in [-0.1, -0.05) is 20.3 Å². The topological polar surface area (TPSA) is 0 Å². The van der Waals surface area contributed by atoms with Gasteiger partial charge in [-0.15, -0.1) is 0 Å². The van der Waals surface area contributed by atoms with Crippen molar-refractivity contribution in [2.45, 2.75) is 46.0 Å². The minimum Gasteiger partial charge on any atom is -0.0648 e. The van der Waals surface area contributed by atoms with E-state index in [9.17, 15) is 0 Å². The summed E-state index contributed by atoms with van der Waals surface area (Å²) in [5.74, 6) is 0. The Hall–Kier alpha value is 0. The fourth-order valence-electron chi connectivity index (χ4n) is 1.72. The molecular formula is C9H16. The van der Waals surface area contributed by atoms with Gasteiger partial charge in [0.25, 0.3) is 0 Å². The standard InChI is InChI=1S/C9H16/c1-3-9(4-2)7-5-6-8-9/h3-7H2,1-2H3. The van der Waals surface area contributed by atoms with Crippen LogP contribution in [-0.4, -0.2) is 0 Å². The third-order valence-electron chi connectivity index (χ3n) is 2.69. The maximum atomic E-state index is 3.57. The van der Waals surface area contributed by atoms with E-state index in [0.717, 1.165) is 0 Å². The van der Waals surface area contributed by atoms with E-state index < -0.39 is 0 Å². The molecule has 9 heavy (non-hydrogen) atoms. The predicted octanol–water partition coefficient (Wildman–Crippen LogP) is 3.06. The zero-order valence-electron chi connectivity index (χ0n) is 6.54. The van der Waals surface area contributed by atoms with Crippen LogP contribution in [0.3, 0.4) is 0 Å². The first-order valence-corrected chi connectivity index (χ1v) is 4.08. The Labute approximate surface area is 58.7 Å². The molecule has 0 unspecified atom stereocenters. The highest BCUT2D eigenvalue weighted by Gasteiger charge is 2.30. The lowest BCUT2D eigenvalue weighted by atomic mass is 9.81. The van der Waals surface area contributed by atoms with Gasteiger partial charge in [0.15, 0.2) is 0 Å². The van der Waals surface area contributed by atoms with Crippen molar-refractivity contribution in [3.05, 3.63) is 6.42 Å². The molecule has 0 aromatic rings. The van der Waals surface area contributed by atoms with E-state index in [1.807, 2.05) is 0 Å². The van der Waals surface area contributed by atoms with E-state index in [0.29, 0.717) is 5.41 Å². The van der Waals surface area contributed by atoms with Gasteiger partial charge in [0.05, 0.1) is 0 Å². The summed E-state index contributed by atoms with van der Waals surface area (Å²) in [6.07, 6.45) is 10.2. The summed E-state index contributed by atoms with van der Waals surface area (Å²) < 4.78 is 0. The van der Waals surface area contributed by atoms with Crippen molar-refractivity contribution in [3.8, 4) is 0 Å². The van der Waals surface area contributed by atoms with E-state index in [2.05, 4.69) is 20.3 Å². The van der Waals surface area contributed by atoms with Gasteiger partial charge in [0, 0.05) is 0 Å². The van der Waals surface area contributed by atoms with E-state index in [1.54, 1.807) is 0 Å². The smallest absolute Gasteiger partial charge is 0.0106 e. The van der Waals surface area contributed by atoms with Gasteiger partial charge in [-0.25, -0.2) is 0 Å². The molecule has 1 aliphatic rings. The van der Waals surface area contributed by atoms with Crippen molar-refractivity contribution in [2.24, 2.45) is 5.41 Å². The second-order valence-corrected chi connectivity index (χ2v) is 3.02. The third-order valence-corrected chi connectivity index (χ3v) is 2.69. The summed E-state index contributed by atoms with van der Waals surface area (Å²) in [6, 6.07) is 0. The molecule has 1 fully saturated rings. The summed E-state index contributed by atoms with van der Waals surface area (Å²) in [6.45, 7) is 4.56. The summed E-state index contributed by atoms with van der Waals surface area (Å²) in [5, 5.41) is 0. The van der Waals surface area contributed by atoms with E-state index in [-0.39, 0.29) is 0 Å². The van der Waals surface area contributed by atoms with Crippen molar-refractivity contribution < 1.29 is 0 Å². The molecular weight excluding hydrogens is 108 g/mol. The maximum Gasteiger partial charge on any atom is -0.0106 e. The fraction of sp³-hybridized carbons (Fsp3) is 0.889. The second-order valence-electron chi connectivity index (χ2n) is 3.02. The Bertz CT molecular complexity index is 72.0. The fourth-order valence-corrected chi connectivity index (χ4v) is 1.72. The summed E-state index contributed by atoms with van der Waals surface area (Å²) in [4.78, 5) is 0. The first-order valence-electron chi connectivity index (χ1n) is 4.08. The Kier molecular flexibility index (Phi) is 2.15. The van der Waals surface area contributed by atoms with Crippen LogP contribution >= 0.6 is 0 Å². The Balaban J connectivity index is 2.45. The molecule has 0 spiro atoms. The zero-order chi connectivity index (χ0) is 6.74. The second kappa shape index (κ2) is 2.72. The monoisotopic (exact) mass is 124 g/mol. The van der Waals surface area contributed by atoms with Crippen LogP contribution in [0.15, 0.2) is 0 Å². The molecule has 1 aliphatic carbocycles. The largest absolute Gasteiger partial charge is 0.0648 e. The molecule has 0 amide bonds. The lowest BCUT2D eigenvalue weighted by Gasteiger charge is -2.24. The minimum atomic E-state index is 0.528. The molecule has 0 aromatic carbocycles. The average molecular weight is 124 g/mol. The van der Waals surface area contributed by atoms with E-state index in [4.69, 9.17) is 0 Å². The Morgan fingerprint density at radius 1 is 1.33 bits per heavy atom. The molecule has 0 nitrogen and oxygen atoms in total. The van der Waals surface area contributed by atoms with Crippen LogP contribution in [0.2, 0.25) is 0 Å². The van der Waals surface area contributed by atoms with Crippen molar-refractivity contribution in [1.82, 2.24) is 0 Å². The van der Waals surface area contributed by atoms with Crippen LogP contribution in [0.4, 0.5) is 0 Å². The average Bonchev–Trinajstić information content (AvgIpc) is 2.36. The highest BCUT2D eigenvalue weighted by molar-refractivity contribution is 4.95. The summed E-state index contributed by atoms with van der Waals surface area (Å²) in [7, 11) is 0. The minimum absolute atomic E-state index is 0.528. The van der Waals surface area contributed by atoms with Crippen LogP contribution in [0, 0.1) is 11.8 Å². The first-order chi connectivity index (χ1) is 4.33. The van der Waals surface area contributed by atoms with Crippen LogP contribution < -0.4 is 0 Å². The Morgan fingerprint density at radius 2 is 2.00 bits per heavy atom. The van der Waals surface area contributed by atoms with Crippen LogP contribution in [0.5, 0.6) is 0 Å². The van der Waals surface area contributed by atoms with Gasteiger partial charge < -0.3 is 0 Å². The molecule has 0 N–H and O–H groups in total. The molecule has 0 atom stereocenters. The maximum absolute atomic E-state index is 3.57. The van der Waals surface area contributed by atoms with Crippen LogP contribution in [0.25, 0.3) is 0 Å². The van der Waals surface area contributed by atoms with Crippen molar-refractivity contribution >= 4 is 0 Å². The normalized spacial score (nSPS) is 24.7. The molecule has 0 aliphatic heterocycles. The molecule has 0 saturated heterocycles. The van der Waals surface area contributed by atoms with Crippen LogP contribution in [-0.2, 0) is 0 Å². The molecule has 0 bridgehead atoms. The third kappa shape index (κ3) is 1.28. The first kappa shape index (κ1) is 7.11. The lowest BCUT2D eigenvalue weighted by Crippen LogP contribution is -2.13. The number of hydrogen-bond donors (Lipinski definition) is 0.